The van der Waals surface area contributed by atoms with Crippen LogP contribution in [0.15, 0.2) is 41.0 Å². The number of rotatable bonds is 4. The molecule has 1 fully saturated rings. The predicted octanol–water partition coefficient (Wildman–Crippen LogP) is 2.35. The predicted molar refractivity (Wildman–Crippen MR) is 89.9 cm³/mol. The van der Waals surface area contributed by atoms with Crippen molar-refractivity contribution in [3.8, 4) is 0 Å². The lowest BCUT2D eigenvalue weighted by atomic mass is 10.1. The molecule has 0 spiro atoms. The summed E-state index contributed by atoms with van der Waals surface area (Å²) in [5, 5.41) is 11.0. The summed E-state index contributed by atoms with van der Waals surface area (Å²) >= 11 is 0. The third kappa shape index (κ3) is 3.37. The Morgan fingerprint density at radius 2 is 1.88 bits per heavy atom. The van der Waals surface area contributed by atoms with Gasteiger partial charge in [0.25, 0.3) is 11.6 Å². The number of carbonyl (C=O) groups excluding carboxylic acids is 2. The molecule has 8 nitrogen and oxygen atoms in total. The molecule has 1 aromatic carbocycles. The van der Waals surface area contributed by atoms with Crippen molar-refractivity contribution in [3.05, 3.63) is 58.0 Å². The molecule has 0 saturated carbocycles. The molecule has 0 bridgehead atoms. The number of carbonyl (C=O) groups is 2. The maximum Gasteiger partial charge on any atom is 0.289 e. The van der Waals surface area contributed by atoms with E-state index in [1.807, 2.05) is 4.90 Å². The van der Waals surface area contributed by atoms with Gasteiger partial charge in [0.15, 0.2) is 11.5 Å². The van der Waals surface area contributed by atoms with Crippen LogP contribution in [-0.4, -0.2) is 47.7 Å². The minimum absolute atomic E-state index is 0.0941. The lowest BCUT2D eigenvalue weighted by Crippen LogP contribution is -2.48. The molecule has 3 rings (SSSR count). The molecule has 0 radical (unpaired) electrons. The van der Waals surface area contributed by atoms with Crippen molar-refractivity contribution in [3.63, 3.8) is 0 Å². The summed E-state index contributed by atoms with van der Waals surface area (Å²) < 4.78 is 5.13. The first-order valence-corrected chi connectivity index (χ1v) is 7.84. The van der Waals surface area contributed by atoms with Crippen molar-refractivity contribution in [1.29, 1.82) is 0 Å². The Bertz CT molecular complexity index is 808. The number of Topliss-reactive ketones (excluding diaryl/α,β-unsaturated/α-hetero) is 1. The summed E-state index contributed by atoms with van der Waals surface area (Å²) in [7, 11) is 0. The van der Waals surface area contributed by atoms with Crippen molar-refractivity contribution >= 4 is 23.1 Å². The molecule has 0 atom stereocenters. The largest absolute Gasteiger partial charge is 0.459 e. The molecule has 130 valence electrons. The number of ketones is 1. The molecule has 2 aromatic rings. The molecule has 0 unspecified atom stereocenters. The fourth-order valence-corrected chi connectivity index (χ4v) is 2.89. The zero-order valence-corrected chi connectivity index (χ0v) is 13.7. The standard InChI is InChI=1S/C17H17N3O5/c1-12(21)14-11-13(4-5-15(14)20(23)24)18-6-8-19(9-7-18)17(22)16-3-2-10-25-16/h2-5,10-11H,6-9H2,1H3. The topological polar surface area (TPSA) is 96.9 Å². The van der Waals surface area contributed by atoms with Gasteiger partial charge in [0.1, 0.15) is 0 Å². The number of amides is 1. The Labute approximate surface area is 143 Å². The Morgan fingerprint density at radius 3 is 2.44 bits per heavy atom. The molecule has 1 aliphatic rings. The number of nitro benzene ring substituents is 1. The third-order valence-corrected chi connectivity index (χ3v) is 4.22. The van der Waals surface area contributed by atoms with E-state index in [-0.39, 0.29) is 22.9 Å². The molecular weight excluding hydrogens is 326 g/mol. The zero-order chi connectivity index (χ0) is 18.0. The number of furan rings is 1. The number of hydrogen-bond acceptors (Lipinski definition) is 6. The van der Waals surface area contributed by atoms with Gasteiger partial charge in [0, 0.05) is 37.9 Å². The monoisotopic (exact) mass is 343 g/mol. The molecule has 0 aliphatic carbocycles. The molecule has 25 heavy (non-hydrogen) atoms. The van der Waals surface area contributed by atoms with Crippen molar-refractivity contribution < 1.29 is 18.9 Å². The van der Waals surface area contributed by atoms with Crippen molar-refractivity contribution in [2.75, 3.05) is 31.1 Å². The Hall–Kier alpha value is -3.16. The molecule has 0 N–H and O–H groups in total. The van der Waals surface area contributed by atoms with Crippen molar-refractivity contribution in [1.82, 2.24) is 4.90 Å². The first-order chi connectivity index (χ1) is 12.0. The van der Waals surface area contributed by atoms with Gasteiger partial charge in [-0.1, -0.05) is 0 Å². The van der Waals surface area contributed by atoms with Gasteiger partial charge >= 0.3 is 0 Å². The quantitative estimate of drug-likeness (QED) is 0.480. The first kappa shape index (κ1) is 16.7. The van der Waals surface area contributed by atoms with Gasteiger partial charge in [-0.25, -0.2) is 0 Å². The summed E-state index contributed by atoms with van der Waals surface area (Å²) in [6, 6.07) is 7.83. The van der Waals surface area contributed by atoms with Crippen LogP contribution < -0.4 is 4.90 Å². The van der Waals surface area contributed by atoms with Crippen LogP contribution in [0.25, 0.3) is 0 Å². The number of nitro groups is 1. The average molecular weight is 343 g/mol. The van der Waals surface area contributed by atoms with E-state index < -0.39 is 4.92 Å². The van der Waals surface area contributed by atoms with E-state index in [0.29, 0.717) is 31.9 Å². The second-order valence-electron chi connectivity index (χ2n) is 5.77. The second-order valence-corrected chi connectivity index (χ2v) is 5.77. The number of piperazine rings is 1. The van der Waals surface area contributed by atoms with Gasteiger partial charge in [-0.15, -0.1) is 0 Å². The van der Waals surface area contributed by atoms with Gasteiger partial charge < -0.3 is 14.2 Å². The minimum atomic E-state index is -0.555. The molecule has 1 amide bonds. The fraction of sp³-hybridized carbons (Fsp3) is 0.294. The minimum Gasteiger partial charge on any atom is -0.459 e. The first-order valence-electron chi connectivity index (χ1n) is 7.84. The summed E-state index contributed by atoms with van der Waals surface area (Å²) in [4.78, 5) is 38.1. The van der Waals surface area contributed by atoms with Crippen LogP contribution in [0.5, 0.6) is 0 Å². The Morgan fingerprint density at radius 1 is 1.16 bits per heavy atom. The van der Waals surface area contributed by atoms with Crippen molar-refractivity contribution in [2.45, 2.75) is 6.92 Å². The van der Waals surface area contributed by atoms with Crippen LogP contribution in [0.1, 0.15) is 27.8 Å². The molecule has 1 aliphatic heterocycles. The van der Waals surface area contributed by atoms with E-state index in [1.54, 1.807) is 29.2 Å². The lowest BCUT2D eigenvalue weighted by molar-refractivity contribution is -0.385. The van der Waals surface area contributed by atoms with E-state index in [1.165, 1.54) is 19.3 Å². The summed E-state index contributed by atoms with van der Waals surface area (Å²) in [5.41, 5.74) is 0.639. The van der Waals surface area contributed by atoms with Crippen LogP contribution in [0.2, 0.25) is 0 Å². The summed E-state index contributed by atoms with van der Waals surface area (Å²) in [6.07, 6.45) is 1.46. The second kappa shape index (κ2) is 6.76. The molecule has 8 heteroatoms. The highest BCUT2D eigenvalue weighted by molar-refractivity contribution is 5.99. The third-order valence-electron chi connectivity index (χ3n) is 4.22. The highest BCUT2D eigenvalue weighted by Gasteiger charge is 2.25. The number of nitrogens with zero attached hydrogens (tertiary/aromatic N) is 3. The van der Waals surface area contributed by atoms with E-state index in [2.05, 4.69) is 0 Å². The number of hydrogen-bond donors (Lipinski definition) is 0. The van der Waals surface area contributed by atoms with Gasteiger partial charge in [-0.05, 0) is 31.2 Å². The Kier molecular flexibility index (Phi) is 4.51. The molecular formula is C17H17N3O5. The van der Waals surface area contributed by atoms with E-state index in [9.17, 15) is 19.7 Å². The number of benzene rings is 1. The van der Waals surface area contributed by atoms with Crippen LogP contribution in [-0.2, 0) is 0 Å². The van der Waals surface area contributed by atoms with Gasteiger partial charge in [-0.3, -0.25) is 19.7 Å². The normalized spacial score (nSPS) is 14.4. The van der Waals surface area contributed by atoms with Crippen molar-refractivity contribution in [2.24, 2.45) is 0 Å². The fourth-order valence-electron chi connectivity index (χ4n) is 2.89. The maximum atomic E-state index is 12.3. The van der Waals surface area contributed by atoms with E-state index in [4.69, 9.17) is 4.42 Å². The Balaban J connectivity index is 1.73. The lowest BCUT2D eigenvalue weighted by Gasteiger charge is -2.35. The van der Waals surface area contributed by atoms with Crippen LogP contribution in [0.3, 0.4) is 0 Å². The SMILES string of the molecule is CC(=O)c1cc(N2CCN(C(=O)c3ccco3)CC2)ccc1[N+](=O)[O-]. The van der Waals surface area contributed by atoms with Gasteiger partial charge in [0.05, 0.1) is 16.7 Å². The molecule has 1 saturated heterocycles. The highest BCUT2D eigenvalue weighted by atomic mass is 16.6. The number of anilines is 1. The van der Waals surface area contributed by atoms with Crippen LogP contribution >= 0.6 is 0 Å². The summed E-state index contributed by atoms with van der Waals surface area (Å²) in [5.74, 6) is -0.194. The van der Waals surface area contributed by atoms with Gasteiger partial charge in [-0.2, -0.15) is 0 Å². The van der Waals surface area contributed by atoms with E-state index >= 15 is 0 Å². The summed E-state index contributed by atoms with van der Waals surface area (Å²) in [6.45, 7) is 3.47. The molecule has 2 heterocycles. The van der Waals surface area contributed by atoms with Crippen LogP contribution in [0, 0.1) is 10.1 Å². The molecule has 1 aromatic heterocycles. The smallest absolute Gasteiger partial charge is 0.289 e. The van der Waals surface area contributed by atoms with E-state index in [0.717, 1.165) is 5.69 Å². The average Bonchev–Trinajstić information content (AvgIpc) is 3.15. The highest BCUT2D eigenvalue weighted by Crippen LogP contribution is 2.26. The maximum absolute atomic E-state index is 12.3. The van der Waals surface area contributed by atoms with Crippen LogP contribution in [0.4, 0.5) is 11.4 Å². The zero-order valence-electron chi connectivity index (χ0n) is 13.7. The van der Waals surface area contributed by atoms with Gasteiger partial charge in [0.2, 0.25) is 0 Å².